The van der Waals surface area contributed by atoms with Gasteiger partial charge in [-0.25, -0.2) is 9.97 Å². The molecular weight excluding hydrogens is 398 g/mol. The smallest absolute Gasteiger partial charge is 0.140 e. The third-order valence-corrected chi connectivity index (χ3v) is 5.18. The predicted octanol–water partition coefficient (Wildman–Crippen LogP) is 5.13. The van der Waals surface area contributed by atoms with Gasteiger partial charge in [-0.1, -0.05) is 36.4 Å². The van der Waals surface area contributed by atoms with Crippen molar-refractivity contribution in [2.45, 2.75) is 26.9 Å². The molecule has 0 radical (unpaired) electrons. The van der Waals surface area contributed by atoms with Crippen LogP contribution in [0.5, 0.6) is 0 Å². The molecule has 0 aliphatic heterocycles. The molecule has 4 aromatic rings. The van der Waals surface area contributed by atoms with Gasteiger partial charge < -0.3 is 9.13 Å². The molecule has 4 rings (SSSR count). The first-order chi connectivity index (χ1) is 14.6. The molecule has 154 valence electrons. The molecule has 0 atom stereocenters. The third kappa shape index (κ3) is 3.97. The highest BCUT2D eigenvalue weighted by Crippen LogP contribution is 2.24. The number of fused-ring (bicyclic) bond motifs is 1. The molecule has 0 aliphatic rings. The maximum absolute atomic E-state index is 6.17. The lowest BCUT2D eigenvalue weighted by Gasteiger charge is -2.10. The summed E-state index contributed by atoms with van der Waals surface area (Å²) in [7, 11) is 0. The number of hydrogen-bond acceptors (Lipinski definition) is 4. The molecule has 2 aromatic carbocycles. The molecular formula is C23H24ClN5O. The van der Waals surface area contributed by atoms with Crippen molar-refractivity contribution in [2.75, 3.05) is 6.61 Å². The Morgan fingerprint density at radius 3 is 2.83 bits per heavy atom. The molecule has 0 saturated carbocycles. The minimum atomic E-state index is 0.565. The number of aryl methyl sites for hydroxylation is 1. The number of imidazole rings is 2. The van der Waals surface area contributed by atoms with Gasteiger partial charge in [-0.2, -0.15) is 0 Å². The number of benzene rings is 2. The molecule has 0 bridgehead atoms. The third-order valence-electron chi connectivity index (χ3n) is 4.94. The van der Waals surface area contributed by atoms with Crippen molar-refractivity contribution < 1.29 is 4.84 Å². The molecule has 0 fully saturated rings. The van der Waals surface area contributed by atoms with Gasteiger partial charge >= 0.3 is 0 Å². The summed E-state index contributed by atoms with van der Waals surface area (Å²) < 4.78 is 4.31. The summed E-state index contributed by atoms with van der Waals surface area (Å²) in [5.74, 6) is 1.83. The lowest BCUT2D eigenvalue weighted by atomic mass is 10.1. The van der Waals surface area contributed by atoms with Crippen LogP contribution in [0.25, 0.3) is 28.1 Å². The number of hydrogen-bond donors (Lipinski definition) is 1. The maximum Gasteiger partial charge on any atom is 0.140 e. The highest BCUT2D eigenvalue weighted by atomic mass is 35.5. The van der Waals surface area contributed by atoms with Crippen LogP contribution in [-0.2, 0) is 17.9 Å². The zero-order chi connectivity index (χ0) is 21.1. The zero-order valence-electron chi connectivity index (χ0n) is 17.1. The Morgan fingerprint density at radius 1 is 1.20 bits per heavy atom. The minimum absolute atomic E-state index is 0.565. The van der Waals surface area contributed by atoms with Gasteiger partial charge in [0, 0.05) is 35.1 Å². The summed E-state index contributed by atoms with van der Waals surface area (Å²) in [5, 5.41) is 0.691. The van der Waals surface area contributed by atoms with Crippen molar-refractivity contribution in [1.29, 1.82) is 0 Å². The van der Waals surface area contributed by atoms with Crippen molar-refractivity contribution in [3.05, 3.63) is 77.8 Å². The van der Waals surface area contributed by atoms with Gasteiger partial charge in [0.2, 0.25) is 0 Å². The van der Waals surface area contributed by atoms with Crippen molar-refractivity contribution in [1.82, 2.24) is 24.6 Å². The summed E-state index contributed by atoms with van der Waals surface area (Å²) in [5.41, 5.74) is 7.52. The zero-order valence-corrected chi connectivity index (χ0v) is 17.9. The van der Waals surface area contributed by atoms with Crippen LogP contribution in [0.15, 0.2) is 61.4 Å². The van der Waals surface area contributed by atoms with E-state index < -0.39 is 0 Å². The van der Waals surface area contributed by atoms with Gasteiger partial charge in [-0.3, -0.25) is 10.3 Å². The Balaban J connectivity index is 1.68. The van der Waals surface area contributed by atoms with Crippen LogP contribution < -0.4 is 5.48 Å². The van der Waals surface area contributed by atoms with Crippen LogP contribution in [0.4, 0.5) is 0 Å². The summed E-state index contributed by atoms with van der Waals surface area (Å²) in [6.07, 6.45) is 3.77. The number of hydroxylamine groups is 1. The molecule has 30 heavy (non-hydrogen) atoms. The molecule has 0 aliphatic carbocycles. The second kappa shape index (κ2) is 8.73. The normalized spacial score (nSPS) is 11.2. The summed E-state index contributed by atoms with van der Waals surface area (Å²) in [4.78, 5) is 14.7. The van der Waals surface area contributed by atoms with E-state index in [1.165, 1.54) is 0 Å². The first-order valence-electron chi connectivity index (χ1n) is 9.94. The molecule has 0 saturated heterocycles. The van der Waals surface area contributed by atoms with Crippen LogP contribution in [0.1, 0.15) is 25.2 Å². The van der Waals surface area contributed by atoms with Crippen LogP contribution in [0.2, 0.25) is 5.02 Å². The molecule has 1 N–H and O–H groups in total. The van der Waals surface area contributed by atoms with Gasteiger partial charge in [0.15, 0.2) is 0 Å². The van der Waals surface area contributed by atoms with E-state index in [0.717, 1.165) is 40.4 Å². The van der Waals surface area contributed by atoms with Crippen LogP contribution in [0, 0.1) is 0 Å². The second-order valence-corrected chi connectivity index (χ2v) is 7.31. The van der Waals surface area contributed by atoms with E-state index in [1.807, 2.05) is 49.5 Å². The van der Waals surface area contributed by atoms with E-state index in [-0.39, 0.29) is 0 Å². The summed E-state index contributed by atoms with van der Waals surface area (Å²) >= 11 is 6.17. The van der Waals surface area contributed by atoms with E-state index in [1.54, 1.807) is 6.20 Å². The van der Waals surface area contributed by atoms with E-state index in [2.05, 4.69) is 39.2 Å². The van der Waals surface area contributed by atoms with Gasteiger partial charge in [-0.05, 0) is 38.1 Å². The van der Waals surface area contributed by atoms with Crippen LogP contribution in [0.3, 0.4) is 0 Å². The number of nitrogens with one attached hydrogen (secondary N) is 1. The standard InChI is InChI=1S/C23H24ClN5O/c1-4-29-21-10-9-17(16(3)27-30-5-2)14-20(21)26-22(29)15-28-12-11-25-23(28)18-7-6-8-19(24)13-18/h6-14,27H,3-5,15H2,1-2H3. The van der Waals surface area contributed by atoms with Crippen molar-refractivity contribution >= 4 is 28.3 Å². The fourth-order valence-corrected chi connectivity index (χ4v) is 3.73. The number of rotatable bonds is 8. The molecule has 2 aromatic heterocycles. The first kappa shape index (κ1) is 20.2. The number of nitrogens with zero attached hydrogens (tertiary/aromatic N) is 4. The van der Waals surface area contributed by atoms with Crippen LogP contribution in [-0.4, -0.2) is 25.7 Å². The minimum Gasteiger partial charge on any atom is -0.327 e. The fraction of sp³-hybridized carbons (Fsp3) is 0.217. The molecule has 2 heterocycles. The Bertz CT molecular complexity index is 1190. The Hall–Kier alpha value is -3.09. The lowest BCUT2D eigenvalue weighted by Crippen LogP contribution is -2.11. The Morgan fingerprint density at radius 2 is 2.07 bits per heavy atom. The fourth-order valence-electron chi connectivity index (χ4n) is 3.54. The average Bonchev–Trinajstić information content (AvgIpc) is 3.35. The highest BCUT2D eigenvalue weighted by Gasteiger charge is 2.14. The van der Waals surface area contributed by atoms with E-state index in [9.17, 15) is 0 Å². The summed E-state index contributed by atoms with van der Waals surface area (Å²) in [6.45, 7) is 10.1. The average molecular weight is 422 g/mol. The molecule has 0 spiro atoms. The number of halogens is 1. The van der Waals surface area contributed by atoms with Crippen LogP contribution >= 0.6 is 11.6 Å². The molecule has 7 heteroatoms. The van der Waals surface area contributed by atoms with Gasteiger partial charge in [0.25, 0.3) is 0 Å². The van der Waals surface area contributed by atoms with Gasteiger partial charge in [-0.15, -0.1) is 0 Å². The predicted molar refractivity (Wildman–Crippen MR) is 121 cm³/mol. The molecule has 6 nitrogen and oxygen atoms in total. The molecule has 0 unspecified atom stereocenters. The largest absolute Gasteiger partial charge is 0.327 e. The highest BCUT2D eigenvalue weighted by molar-refractivity contribution is 6.30. The lowest BCUT2D eigenvalue weighted by molar-refractivity contribution is 0.0901. The van der Waals surface area contributed by atoms with E-state index in [0.29, 0.717) is 23.9 Å². The van der Waals surface area contributed by atoms with Crippen molar-refractivity contribution in [3.63, 3.8) is 0 Å². The Labute approximate surface area is 180 Å². The molecule has 0 amide bonds. The number of aromatic nitrogens is 4. The topological polar surface area (TPSA) is 56.9 Å². The summed E-state index contributed by atoms with van der Waals surface area (Å²) in [6, 6.07) is 13.9. The van der Waals surface area contributed by atoms with Crippen molar-refractivity contribution in [3.8, 4) is 11.4 Å². The van der Waals surface area contributed by atoms with Crippen molar-refractivity contribution in [2.24, 2.45) is 0 Å². The van der Waals surface area contributed by atoms with Gasteiger partial charge in [0.05, 0.1) is 29.9 Å². The SMILES string of the molecule is C=C(NOCC)c1ccc2c(c1)nc(Cn1ccnc1-c1cccc(Cl)c1)n2CC. The quantitative estimate of drug-likeness (QED) is 0.400. The monoisotopic (exact) mass is 421 g/mol. The van der Waals surface area contributed by atoms with E-state index >= 15 is 0 Å². The maximum atomic E-state index is 6.17. The Kier molecular flexibility index (Phi) is 5.88. The van der Waals surface area contributed by atoms with Gasteiger partial charge in [0.1, 0.15) is 11.6 Å². The second-order valence-electron chi connectivity index (χ2n) is 6.88. The van der Waals surface area contributed by atoms with E-state index in [4.69, 9.17) is 21.4 Å². The first-order valence-corrected chi connectivity index (χ1v) is 10.3.